The quantitative estimate of drug-likeness (QED) is 0.797. The van der Waals surface area contributed by atoms with Crippen LogP contribution in [0.4, 0.5) is 0 Å². The minimum absolute atomic E-state index is 0.120. The van der Waals surface area contributed by atoms with Crippen LogP contribution < -0.4 is 0 Å². The van der Waals surface area contributed by atoms with E-state index in [0.29, 0.717) is 4.88 Å². The Bertz CT molecular complexity index is 645. The van der Waals surface area contributed by atoms with Gasteiger partial charge in [-0.2, -0.15) is 0 Å². The highest BCUT2D eigenvalue weighted by atomic mass is 32.1. The molecule has 2 aromatic heterocycles. The molecule has 0 spiro atoms. The van der Waals surface area contributed by atoms with Crippen molar-refractivity contribution in [2.75, 3.05) is 0 Å². The molecule has 0 amide bonds. The van der Waals surface area contributed by atoms with E-state index in [4.69, 9.17) is 5.11 Å². The first-order valence-corrected chi connectivity index (χ1v) is 7.73. The normalized spacial score (nSPS) is 12.3. The molecule has 0 fully saturated rings. The van der Waals surface area contributed by atoms with Crippen LogP contribution in [-0.4, -0.2) is 26.4 Å². The third kappa shape index (κ3) is 3.58. The van der Waals surface area contributed by atoms with Crippen LogP contribution >= 0.6 is 11.3 Å². The first kappa shape index (κ1) is 15.4. The Kier molecular flexibility index (Phi) is 4.90. The van der Waals surface area contributed by atoms with Crippen LogP contribution in [0.3, 0.4) is 0 Å². The van der Waals surface area contributed by atoms with Gasteiger partial charge in [-0.15, -0.1) is 11.3 Å². The highest BCUT2D eigenvalue weighted by Gasteiger charge is 2.20. The largest absolute Gasteiger partial charge is 0.481 e. The van der Waals surface area contributed by atoms with Crippen LogP contribution in [0.5, 0.6) is 0 Å². The molecule has 0 bridgehead atoms. The molecular formula is C15H18N2O3S. The SMILES string of the molecule is CCCc1nccn1-c1ccc(C(=O)C(C)CC(=O)O)s1. The summed E-state index contributed by atoms with van der Waals surface area (Å²) in [4.78, 5) is 27.8. The first-order chi connectivity index (χ1) is 10.0. The predicted molar refractivity (Wildman–Crippen MR) is 81.2 cm³/mol. The summed E-state index contributed by atoms with van der Waals surface area (Å²) < 4.78 is 1.98. The lowest BCUT2D eigenvalue weighted by atomic mass is 10.0. The van der Waals surface area contributed by atoms with E-state index in [1.54, 1.807) is 19.2 Å². The van der Waals surface area contributed by atoms with Gasteiger partial charge in [-0.25, -0.2) is 4.98 Å². The smallest absolute Gasteiger partial charge is 0.304 e. The maximum Gasteiger partial charge on any atom is 0.304 e. The molecule has 21 heavy (non-hydrogen) atoms. The second-order valence-electron chi connectivity index (χ2n) is 4.96. The lowest BCUT2D eigenvalue weighted by Gasteiger charge is -2.05. The third-order valence-electron chi connectivity index (χ3n) is 3.19. The standard InChI is InChI=1S/C15H18N2O3S/c1-3-4-12-16-7-8-17(12)13-6-5-11(21-13)15(20)10(2)9-14(18)19/h5-8,10H,3-4,9H2,1-2H3,(H,18,19). The van der Waals surface area contributed by atoms with Crippen molar-refractivity contribution in [3.8, 4) is 5.00 Å². The molecule has 0 radical (unpaired) electrons. The van der Waals surface area contributed by atoms with Crippen LogP contribution in [0.15, 0.2) is 24.5 Å². The second kappa shape index (κ2) is 6.67. The number of nitrogens with zero attached hydrogens (tertiary/aromatic N) is 2. The van der Waals surface area contributed by atoms with Gasteiger partial charge in [-0.3, -0.25) is 14.2 Å². The first-order valence-electron chi connectivity index (χ1n) is 6.91. The summed E-state index contributed by atoms with van der Waals surface area (Å²) in [5, 5.41) is 9.70. The number of imidazole rings is 1. The van der Waals surface area contributed by atoms with E-state index in [1.807, 2.05) is 16.8 Å². The summed E-state index contributed by atoms with van der Waals surface area (Å²) in [6.07, 6.45) is 5.37. The van der Waals surface area contributed by atoms with Crippen molar-refractivity contribution in [1.82, 2.24) is 9.55 Å². The Hall–Kier alpha value is -1.95. The predicted octanol–water partition coefficient (Wildman–Crippen LogP) is 3.18. The zero-order chi connectivity index (χ0) is 15.4. The molecule has 0 aliphatic carbocycles. The van der Waals surface area contributed by atoms with Crippen molar-refractivity contribution in [2.45, 2.75) is 33.1 Å². The van der Waals surface area contributed by atoms with E-state index in [9.17, 15) is 9.59 Å². The molecule has 5 nitrogen and oxygen atoms in total. The monoisotopic (exact) mass is 306 g/mol. The third-order valence-corrected chi connectivity index (χ3v) is 4.29. The molecule has 112 valence electrons. The number of ketones is 1. The minimum atomic E-state index is -0.951. The molecule has 0 saturated heterocycles. The summed E-state index contributed by atoms with van der Waals surface area (Å²) in [5.41, 5.74) is 0. The van der Waals surface area contributed by atoms with Crippen molar-refractivity contribution >= 4 is 23.1 Å². The second-order valence-corrected chi connectivity index (χ2v) is 6.03. The summed E-state index contributed by atoms with van der Waals surface area (Å²) in [7, 11) is 0. The van der Waals surface area contributed by atoms with Crippen molar-refractivity contribution < 1.29 is 14.7 Å². The molecule has 2 heterocycles. The summed E-state index contributed by atoms with van der Waals surface area (Å²) in [6.45, 7) is 3.74. The van der Waals surface area contributed by atoms with Crippen LogP contribution in [0, 0.1) is 5.92 Å². The Balaban J connectivity index is 2.19. The summed E-state index contributed by atoms with van der Waals surface area (Å²) in [5.74, 6) is -0.609. The van der Waals surface area contributed by atoms with Gasteiger partial charge in [0.1, 0.15) is 10.8 Å². The minimum Gasteiger partial charge on any atom is -0.481 e. The number of aryl methyl sites for hydroxylation is 1. The number of aromatic nitrogens is 2. The highest BCUT2D eigenvalue weighted by Crippen LogP contribution is 2.25. The van der Waals surface area contributed by atoms with E-state index in [0.717, 1.165) is 23.7 Å². The van der Waals surface area contributed by atoms with Gasteiger partial charge in [0.15, 0.2) is 5.78 Å². The zero-order valence-corrected chi connectivity index (χ0v) is 12.9. The number of aliphatic carboxylic acids is 1. The number of carboxylic acids is 1. The fraction of sp³-hybridized carbons (Fsp3) is 0.400. The van der Waals surface area contributed by atoms with Crippen LogP contribution in [-0.2, 0) is 11.2 Å². The topological polar surface area (TPSA) is 72.2 Å². The van der Waals surface area contributed by atoms with E-state index in [1.165, 1.54) is 11.3 Å². The van der Waals surface area contributed by atoms with Gasteiger partial charge in [0.05, 0.1) is 11.3 Å². The highest BCUT2D eigenvalue weighted by molar-refractivity contribution is 7.16. The van der Waals surface area contributed by atoms with Crippen LogP contribution in [0.1, 0.15) is 42.2 Å². The van der Waals surface area contributed by atoms with Gasteiger partial charge in [0, 0.05) is 24.7 Å². The molecule has 6 heteroatoms. The molecule has 0 saturated carbocycles. The number of hydrogen-bond donors (Lipinski definition) is 1. The fourth-order valence-corrected chi connectivity index (χ4v) is 3.19. The Morgan fingerprint density at radius 1 is 1.43 bits per heavy atom. The Morgan fingerprint density at radius 2 is 2.19 bits per heavy atom. The Morgan fingerprint density at radius 3 is 2.86 bits per heavy atom. The van der Waals surface area contributed by atoms with Crippen LogP contribution in [0.25, 0.3) is 5.00 Å². The van der Waals surface area contributed by atoms with Crippen LogP contribution in [0.2, 0.25) is 0 Å². The number of Topliss-reactive ketones (excluding diaryl/α,β-unsaturated/α-hetero) is 1. The number of carbonyl (C=O) groups excluding carboxylic acids is 1. The number of rotatable bonds is 7. The molecule has 0 aliphatic rings. The van der Waals surface area contributed by atoms with Gasteiger partial charge in [-0.05, 0) is 18.6 Å². The molecule has 2 aromatic rings. The maximum atomic E-state index is 12.2. The average molecular weight is 306 g/mol. The lowest BCUT2D eigenvalue weighted by molar-refractivity contribution is -0.137. The van der Waals surface area contributed by atoms with Crippen molar-refractivity contribution in [2.24, 2.45) is 5.92 Å². The summed E-state index contributed by atoms with van der Waals surface area (Å²) in [6, 6.07) is 3.64. The Labute approximate surface area is 127 Å². The molecule has 0 aromatic carbocycles. The van der Waals surface area contributed by atoms with Gasteiger partial charge in [0.2, 0.25) is 0 Å². The van der Waals surface area contributed by atoms with Gasteiger partial charge >= 0.3 is 5.97 Å². The van der Waals surface area contributed by atoms with Crippen molar-refractivity contribution in [3.63, 3.8) is 0 Å². The number of carboxylic acid groups (broad SMARTS) is 1. The molecular weight excluding hydrogens is 288 g/mol. The fourth-order valence-electron chi connectivity index (χ4n) is 2.13. The lowest BCUT2D eigenvalue weighted by Crippen LogP contribution is -2.14. The number of hydrogen-bond acceptors (Lipinski definition) is 4. The van der Waals surface area contributed by atoms with Gasteiger partial charge in [-0.1, -0.05) is 13.8 Å². The molecule has 1 N–H and O–H groups in total. The van der Waals surface area contributed by atoms with Gasteiger partial charge < -0.3 is 5.11 Å². The van der Waals surface area contributed by atoms with E-state index in [-0.39, 0.29) is 12.2 Å². The number of carbonyl (C=O) groups is 2. The van der Waals surface area contributed by atoms with Crippen molar-refractivity contribution in [3.05, 3.63) is 35.2 Å². The molecule has 1 unspecified atom stereocenters. The maximum absolute atomic E-state index is 12.2. The molecule has 2 rings (SSSR count). The van der Waals surface area contributed by atoms with Gasteiger partial charge in [0.25, 0.3) is 0 Å². The molecule has 1 atom stereocenters. The van der Waals surface area contributed by atoms with Crippen molar-refractivity contribution in [1.29, 1.82) is 0 Å². The average Bonchev–Trinajstić information content (AvgIpc) is 3.05. The number of thiophene rings is 1. The van der Waals surface area contributed by atoms with E-state index in [2.05, 4.69) is 11.9 Å². The van der Waals surface area contributed by atoms with E-state index >= 15 is 0 Å². The summed E-state index contributed by atoms with van der Waals surface area (Å²) >= 11 is 1.37. The van der Waals surface area contributed by atoms with E-state index < -0.39 is 11.9 Å². The molecule has 0 aliphatic heterocycles. The zero-order valence-electron chi connectivity index (χ0n) is 12.1.